The van der Waals surface area contributed by atoms with Crippen molar-refractivity contribution >= 4 is 21.7 Å². The number of amides is 1. The second kappa shape index (κ2) is 18.6. The van der Waals surface area contributed by atoms with Gasteiger partial charge < -0.3 is 15.2 Å². The molecular formula is C32H47NO6S. The first kappa shape index (κ1) is 33.5. The lowest BCUT2D eigenvalue weighted by Crippen LogP contribution is -2.42. The number of rotatable bonds is 20. The third-order valence-electron chi connectivity index (χ3n) is 7.20. The van der Waals surface area contributed by atoms with E-state index in [2.05, 4.69) is 12.2 Å². The Morgan fingerprint density at radius 2 is 1.38 bits per heavy atom. The molecule has 7 nitrogen and oxygen atoms in total. The van der Waals surface area contributed by atoms with Crippen molar-refractivity contribution in [1.29, 1.82) is 0 Å². The Bertz CT molecular complexity index is 1090. The van der Waals surface area contributed by atoms with Gasteiger partial charge in [-0.05, 0) is 37.5 Å². The summed E-state index contributed by atoms with van der Waals surface area (Å²) >= 11 is 0. The molecule has 2 N–H and O–H groups in total. The molecule has 40 heavy (non-hydrogen) atoms. The van der Waals surface area contributed by atoms with Gasteiger partial charge in [0.2, 0.25) is 0 Å². The normalized spacial score (nSPS) is 13.8. The van der Waals surface area contributed by atoms with Crippen molar-refractivity contribution in [3.05, 3.63) is 66.2 Å². The molecule has 0 spiro atoms. The van der Waals surface area contributed by atoms with E-state index < -0.39 is 39.1 Å². The van der Waals surface area contributed by atoms with E-state index in [4.69, 9.17) is 4.74 Å². The van der Waals surface area contributed by atoms with Gasteiger partial charge in [0.05, 0.1) is 17.0 Å². The first-order valence-corrected chi connectivity index (χ1v) is 16.3. The lowest BCUT2D eigenvalue weighted by Gasteiger charge is -2.21. The zero-order valence-electron chi connectivity index (χ0n) is 24.1. The highest BCUT2D eigenvalue weighted by Gasteiger charge is 2.33. The Morgan fingerprint density at radius 1 is 0.825 bits per heavy atom. The van der Waals surface area contributed by atoms with E-state index >= 15 is 0 Å². The molecule has 2 aromatic rings. The minimum absolute atomic E-state index is 0.0392. The highest BCUT2D eigenvalue weighted by molar-refractivity contribution is 7.92. The maximum atomic E-state index is 13.4. The monoisotopic (exact) mass is 573 g/mol. The molecule has 0 radical (unpaired) electrons. The summed E-state index contributed by atoms with van der Waals surface area (Å²) in [4.78, 5) is 25.5. The van der Waals surface area contributed by atoms with Crippen molar-refractivity contribution in [2.24, 2.45) is 0 Å². The Labute approximate surface area is 240 Å². The van der Waals surface area contributed by atoms with E-state index in [1.807, 2.05) is 30.3 Å². The number of benzene rings is 2. The van der Waals surface area contributed by atoms with Gasteiger partial charge in [-0.2, -0.15) is 0 Å². The van der Waals surface area contributed by atoms with Crippen LogP contribution in [-0.2, 0) is 26.0 Å². The molecule has 0 saturated heterocycles. The van der Waals surface area contributed by atoms with Gasteiger partial charge in [0.1, 0.15) is 11.9 Å². The molecule has 2 aromatic carbocycles. The molecule has 1 unspecified atom stereocenters. The summed E-state index contributed by atoms with van der Waals surface area (Å²) in [6.45, 7) is 3.93. The fraction of sp³-hybridized carbons (Fsp3) is 0.562. The second-order valence-corrected chi connectivity index (χ2v) is 12.7. The molecule has 2 rings (SSSR count). The zero-order chi connectivity index (χ0) is 29.2. The van der Waals surface area contributed by atoms with E-state index in [9.17, 15) is 23.1 Å². The van der Waals surface area contributed by atoms with Crippen molar-refractivity contribution in [2.75, 3.05) is 0 Å². The number of Topliss-reactive ketones (excluding diaryl/α,β-unsaturated/α-hetero) is 1. The minimum Gasteiger partial charge on any atom is -0.445 e. The summed E-state index contributed by atoms with van der Waals surface area (Å²) < 4.78 is 32.0. The van der Waals surface area contributed by atoms with Crippen LogP contribution in [0.1, 0.15) is 96.5 Å². The Kier molecular flexibility index (Phi) is 15.6. The molecule has 3 atom stereocenters. The molecule has 0 aliphatic heterocycles. The van der Waals surface area contributed by atoms with E-state index in [1.165, 1.54) is 44.2 Å². The standard InChI is InChI=1S/C32H47NO6S/c1-3-4-5-6-7-8-9-10-17-22-31(40(37,38)28-20-15-12-16-21-28)30(35)24-23-29(34)26(2)33-32(36)39-25-27-18-13-11-14-19-27/h11-16,18-21,26,29,31,34H,3-10,17,22-25H2,1-2H3,(H,33,36)/t26-,29-,31?/m1/s1. The molecule has 0 aromatic heterocycles. The second-order valence-electron chi connectivity index (χ2n) is 10.5. The van der Waals surface area contributed by atoms with Gasteiger partial charge in [0, 0.05) is 6.42 Å². The lowest BCUT2D eigenvalue weighted by atomic mass is 10.0. The van der Waals surface area contributed by atoms with Gasteiger partial charge in [0.25, 0.3) is 0 Å². The summed E-state index contributed by atoms with van der Waals surface area (Å²) in [5.41, 5.74) is 0.842. The van der Waals surface area contributed by atoms with Gasteiger partial charge >= 0.3 is 6.09 Å². The van der Waals surface area contributed by atoms with Crippen molar-refractivity contribution < 1.29 is 27.9 Å². The summed E-state index contributed by atoms with van der Waals surface area (Å²) in [6, 6.07) is 16.7. The number of sulfone groups is 1. The number of alkyl carbamates (subject to hydrolysis) is 1. The molecule has 0 saturated carbocycles. The Balaban J connectivity index is 1.87. The number of aliphatic hydroxyl groups is 1. The smallest absolute Gasteiger partial charge is 0.407 e. The van der Waals surface area contributed by atoms with Crippen LogP contribution in [0.3, 0.4) is 0 Å². The number of ketones is 1. The third kappa shape index (κ3) is 12.2. The zero-order valence-corrected chi connectivity index (χ0v) is 24.9. The maximum Gasteiger partial charge on any atom is 0.407 e. The summed E-state index contributed by atoms with van der Waals surface area (Å²) in [5.74, 6) is -0.402. The molecule has 0 bridgehead atoms. The van der Waals surface area contributed by atoms with Crippen LogP contribution in [0.25, 0.3) is 0 Å². The maximum absolute atomic E-state index is 13.4. The number of hydrogen-bond acceptors (Lipinski definition) is 6. The van der Waals surface area contributed by atoms with Crippen LogP contribution >= 0.6 is 0 Å². The molecule has 0 aliphatic rings. The molecular weight excluding hydrogens is 526 g/mol. The van der Waals surface area contributed by atoms with Gasteiger partial charge in [-0.15, -0.1) is 0 Å². The van der Waals surface area contributed by atoms with Gasteiger partial charge in [-0.3, -0.25) is 4.79 Å². The Morgan fingerprint density at radius 3 is 1.98 bits per heavy atom. The van der Waals surface area contributed by atoms with Crippen LogP contribution in [0.4, 0.5) is 4.79 Å². The van der Waals surface area contributed by atoms with Crippen LogP contribution in [0.2, 0.25) is 0 Å². The third-order valence-corrected chi connectivity index (χ3v) is 9.37. The Hall–Kier alpha value is -2.71. The molecule has 222 valence electrons. The molecule has 0 aliphatic carbocycles. The minimum atomic E-state index is -3.85. The predicted molar refractivity (Wildman–Crippen MR) is 159 cm³/mol. The van der Waals surface area contributed by atoms with Crippen molar-refractivity contribution in [3.63, 3.8) is 0 Å². The first-order chi connectivity index (χ1) is 19.3. The summed E-state index contributed by atoms with van der Waals surface area (Å²) in [6.07, 6.45) is 8.38. The van der Waals surface area contributed by atoms with E-state index in [0.717, 1.165) is 24.8 Å². The van der Waals surface area contributed by atoms with Gasteiger partial charge in [-0.1, -0.05) is 113 Å². The number of ether oxygens (including phenoxy) is 1. The van der Waals surface area contributed by atoms with Crippen molar-refractivity contribution in [3.8, 4) is 0 Å². The first-order valence-electron chi connectivity index (χ1n) is 14.7. The highest BCUT2D eigenvalue weighted by atomic mass is 32.2. The molecule has 0 fully saturated rings. The van der Waals surface area contributed by atoms with Crippen molar-refractivity contribution in [1.82, 2.24) is 5.32 Å². The SMILES string of the molecule is CCCCCCCCCCCC(C(=O)CC[C@@H](O)[C@@H](C)NC(=O)OCc1ccccc1)S(=O)(=O)c1ccccc1. The fourth-order valence-corrected chi connectivity index (χ4v) is 6.46. The highest BCUT2D eigenvalue weighted by Crippen LogP contribution is 2.24. The largest absolute Gasteiger partial charge is 0.445 e. The van der Waals surface area contributed by atoms with Gasteiger partial charge in [0.15, 0.2) is 15.6 Å². The quantitative estimate of drug-likeness (QED) is 0.169. The van der Waals surface area contributed by atoms with Crippen LogP contribution in [0.15, 0.2) is 65.6 Å². The summed E-state index contributed by atoms with van der Waals surface area (Å²) in [7, 11) is -3.85. The van der Waals surface area contributed by atoms with Crippen LogP contribution in [-0.4, -0.2) is 42.8 Å². The van der Waals surface area contributed by atoms with E-state index in [0.29, 0.717) is 6.42 Å². The number of carbonyl (C=O) groups excluding carboxylic acids is 2. The number of nitrogens with one attached hydrogen (secondary N) is 1. The van der Waals surface area contributed by atoms with Crippen LogP contribution in [0, 0.1) is 0 Å². The average Bonchev–Trinajstić information content (AvgIpc) is 2.96. The number of hydrogen-bond donors (Lipinski definition) is 2. The van der Waals surface area contributed by atoms with Crippen LogP contribution < -0.4 is 5.32 Å². The van der Waals surface area contributed by atoms with Crippen molar-refractivity contribution in [2.45, 2.75) is 120 Å². The number of unbranched alkanes of at least 4 members (excludes halogenated alkanes) is 8. The predicted octanol–water partition coefficient (Wildman–Crippen LogP) is 6.77. The molecule has 0 heterocycles. The average molecular weight is 574 g/mol. The summed E-state index contributed by atoms with van der Waals surface area (Å²) in [5, 5.41) is 12.0. The van der Waals surface area contributed by atoms with Crippen LogP contribution in [0.5, 0.6) is 0 Å². The molecule has 1 amide bonds. The van der Waals surface area contributed by atoms with E-state index in [1.54, 1.807) is 25.1 Å². The van der Waals surface area contributed by atoms with Gasteiger partial charge in [-0.25, -0.2) is 13.2 Å². The number of aliphatic hydroxyl groups excluding tert-OH is 1. The topological polar surface area (TPSA) is 110 Å². The lowest BCUT2D eigenvalue weighted by molar-refractivity contribution is -0.119. The van der Waals surface area contributed by atoms with E-state index in [-0.39, 0.29) is 30.8 Å². The molecule has 8 heteroatoms. The number of carbonyl (C=O) groups is 2. The fourth-order valence-electron chi connectivity index (χ4n) is 4.65.